The molecule has 2 aromatic rings. The van der Waals surface area contributed by atoms with E-state index < -0.39 is 6.10 Å². The summed E-state index contributed by atoms with van der Waals surface area (Å²) >= 11 is 8.87. The van der Waals surface area contributed by atoms with Crippen molar-refractivity contribution in [1.29, 1.82) is 0 Å². The first-order chi connectivity index (χ1) is 10.7. The summed E-state index contributed by atoms with van der Waals surface area (Å²) in [4.78, 5) is 22.5. The van der Waals surface area contributed by atoms with Crippen molar-refractivity contribution >= 4 is 52.0 Å². The van der Waals surface area contributed by atoms with E-state index in [0.29, 0.717) is 16.4 Å². The van der Waals surface area contributed by atoms with Gasteiger partial charge in [0.15, 0.2) is 0 Å². The summed E-state index contributed by atoms with van der Waals surface area (Å²) in [5.74, 6) is -0.236. The summed E-state index contributed by atoms with van der Waals surface area (Å²) < 4.78 is 0.686. The van der Waals surface area contributed by atoms with Crippen LogP contribution in [0.1, 0.15) is 11.3 Å². The molecule has 3 rings (SSSR count). The zero-order chi connectivity index (χ0) is 15.5. The van der Waals surface area contributed by atoms with Gasteiger partial charge in [0, 0.05) is 6.42 Å². The number of carbonyl (C=O) groups excluding carboxylic acids is 1. The van der Waals surface area contributed by atoms with Gasteiger partial charge in [-0.1, -0.05) is 16.8 Å². The van der Waals surface area contributed by atoms with E-state index in [9.17, 15) is 4.79 Å². The third kappa shape index (κ3) is 3.43. The second-order valence-corrected chi connectivity index (χ2v) is 7.06. The highest BCUT2D eigenvalue weighted by atomic mass is 35.5. The largest absolute Gasteiger partial charge is 0.382 e. The van der Waals surface area contributed by atoms with Gasteiger partial charge in [0.2, 0.25) is 6.10 Å². The van der Waals surface area contributed by atoms with Gasteiger partial charge in [0.05, 0.1) is 26.1 Å². The topological polar surface area (TPSA) is 63.6 Å². The lowest BCUT2D eigenvalue weighted by molar-refractivity contribution is -0.125. The molecule has 1 N–H and O–H groups in total. The van der Waals surface area contributed by atoms with Crippen LogP contribution in [0.2, 0.25) is 4.34 Å². The first-order valence-corrected chi connectivity index (χ1v) is 8.87. The van der Waals surface area contributed by atoms with Gasteiger partial charge in [0.1, 0.15) is 5.71 Å². The molecule has 0 fully saturated rings. The molecule has 1 atom stereocenters. The Morgan fingerprint density at radius 3 is 2.95 bits per heavy atom. The number of aromatic nitrogens is 1. The number of nitrogens with one attached hydrogen (secondary N) is 1. The van der Waals surface area contributed by atoms with E-state index in [2.05, 4.69) is 15.5 Å². The van der Waals surface area contributed by atoms with Crippen molar-refractivity contribution in [2.24, 2.45) is 5.16 Å². The molecule has 0 bridgehead atoms. The zero-order valence-corrected chi connectivity index (χ0v) is 14.0. The monoisotopic (exact) mass is 353 g/mol. The Balaban J connectivity index is 1.60. The van der Waals surface area contributed by atoms with Gasteiger partial charge in [-0.25, -0.2) is 4.98 Å². The SMILES string of the molecule is CSc1ccc(NC(=O)C2CC(c3ccc(Cl)s3)=NO2)cn1. The third-order valence-electron chi connectivity index (χ3n) is 3.03. The summed E-state index contributed by atoms with van der Waals surface area (Å²) in [7, 11) is 0. The van der Waals surface area contributed by atoms with Gasteiger partial charge >= 0.3 is 0 Å². The number of amides is 1. The molecule has 22 heavy (non-hydrogen) atoms. The minimum Gasteiger partial charge on any atom is -0.382 e. The van der Waals surface area contributed by atoms with Crippen LogP contribution in [0.5, 0.6) is 0 Å². The number of pyridine rings is 1. The lowest BCUT2D eigenvalue weighted by Crippen LogP contribution is -2.28. The molecule has 2 aromatic heterocycles. The molecule has 1 amide bonds. The van der Waals surface area contributed by atoms with Gasteiger partial charge in [0.25, 0.3) is 5.91 Å². The summed E-state index contributed by atoms with van der Waals surface area (Å²) in [5.41, 5.74) is 1.38. The second kappa shape index (κ2) is 6.68. The Kier molecular flexibility index (Phi) is 4.66. The molecule has 0 aliphatic carbocycles. The molecule has 1 aliphatic rings. The van der Waals surface area contributed by atoms with Crippen LogP contribution in [0.3, 0.4) is 0 Å². The van der Waals surface area contributed by atoms with Crippen LogP contribution in [0.25, 0.3) is 0 Å². The van der Waals surface area contributed by atoms with Crippen LogP contribution in [-0.2, 0) is 9.63 Å². The molecule has 0 radical (unpaired) electrons. The lowest BCUT2D eigenvalue weighted by atomic mass is 10.1. The highest BCUT2D eigenvalue weighted by Gasteiger charge is 2.29. The van der Waals surface area contributed by atoms with Crippen molar-refractivity contribution in [3.8, 4) is 0 Å². The molecule has 5 nitrogen and oxygen atoms in total. The van der Waals surface area contributed by atoms with E-state index in [1.54, 1.807) is 24.0 Å². The summed E-state index contributed by atoms with van der Waals surface area (Å²) in [6, 6.07) is 7.34. The Morgan fingerprint density at radius 2 is 2.32 bits per heavy atom. The fourth-order valence-corrected chi connectivity index (χ4v) is 3.33. The zero-order valence-electron chi connectivity index (χ0n) is 11.6. The van der Waals surface area contributed by atoms with Crippen LogP contribution < -0.4 is 5.32 Å². The first-order valence-electron chi connectivity index (χ1n) is 6.45. The van der Waals surface area contributed by atoms with Crippen molar-refractivity contribution in [2.75, 3.05) is 11.6 Å². The fraction of sp³-hybridized carbons (Fsp3) is 0.214. The maximum atomic E-state index is 12.2. The average Bonchev–Trinajstić information content (AvgIpc) is 3.16. The minimum atomic E-state index is -0.629. The normalized spacial score (nSPS) is 17.0. The number of hydrogen-bond acceptors (Lipinski definition) is 6. The minimum absolute atomic E-state index is 0.236. The molecule has 1 unspecified atom stereocenters. The molecule has 0 aromatic carbocycles. The number of nitrogens with zero attached hydrogens (tertiary/aromatic N) is 2. The Morgan fingerprint density at radius 1 is 1.45 bits per heavy atom. The Bertz CT molecular complexity index is 715. The summed E-state index contributed by atoms with van der Waals surface area (Å²) in [6.07, 6.45) is 3.37. The second-order valence-electron chi connectivity index (χ2n) is 4.52. The van der Waals surface area contributed by atoms with E-state index in [-0.39, 0.29) is 5.91 Å². The van der Waals surface area contributed by atoms with E-state index in [1.807, 2.05) is 24.5 Å². The van der Waals surface area contributed by atoms with Crippen molar-refractivity contribution < 1.29 is 9.63 Å². The predicted octanol–water partition coefficient (Wildman–Crippen LogP) is 3.65. The van der Waals surface area contributed by atoms with Gasteiger partial charge < -0.3 is 10.2 Å². The fourth-order valence-electron chi connectivity index (χ4n) is 1.93. The van der Waals surface area contributed by atoms with E-state index in [0.717, 1.165) is 15.6 Å². The van der Waals surface area contributed by atoms with E-state index in [4.69, 9.17) is 16.4 Å². The number of oxime groups is 1. The Hall–Kier alpha value is -1.57. The lowest BCUT2D eigenvalue weighted by Gasteiger charge is -2.09. The quantitative estimate of drug-likeness (QED) is 0.852. The number of hydrogen-bond donors (Lipinski definition) is 1. The number of thiophene rings is 1. The molecule has 0 saturated heterocycles. The predicted molar refractivity (Wildman–Crippen MR) is 90.0 cm³/mol. The van der Waals surface area contributed by atoms with Crippen molar-refractivity contribution in [2.45, 2.75) is 17.6 Å². The molecular weight excluding hydrogens is 342 g/mol. The molecule has 3 heterocycles. The standard InChI is InChI=1S/C14H12ClN3O2S2/c1-21-13-5-2-8(7-16-13)17-14(19)10-6-9(18-20-10)11-3-4-12(15)22-11/h2-5,7,10H,6H2,1H3,(H,17,19). The molecule has 0 spiro atoms. The van der Waals surface area contributed by atoms with E-state index in [1.165, 1.54) is 11.3 Å². The maximum absolute atomic E-state index is 12.2. The van der Waals surface area contributed by atoms with Crippen LogP contribution in [0.15, 0.2) is 40.6 Å². The van der Waals surface area contributed by atoms with Crippen molar-refractivity contribution in [1.82, 2.24) is 4.98 Å². The number of rotatable bonds is 4. The molecular formula is C14H12ClN3O2S2. The number of thioether (sulfide) groups is 1. The average molecular weight is 354 g/mol. The van der Waals surface area contributed by atoms with Gasteiger partial charge in [-0.3, -0.25) is 4.79 Å². The third-order valence-corrected chi connectivity index (χ3v) is 4.97. The van der Waals surface area contributed by atoms with Crippen molar-refractivity contribution in [3.63, 3.8) is 0 Å². The van der Waals surface area contributed by atoms with Crippen LogP contribution >= 0.6 is 34.7 Å². The summed E-state index contributed by atoms with van der Waals surface area (Å²) in [5, 5.41) is 7.66. The molecule has 0 saturated carbocycles. The smallest absolute Gasteiger partial charge is 0.268 e. The highest BCUT2D eigenvalue weighted by molar-refractivity contribution is 7.98. The molecule has 1 aliphatic heterocycles. The number of carbonyl (C=O) groups is 1. The van der Waals surface area contributed by atoms with Gasteiger partial charge in [-0.2, -0.15) is 0 Å². The first kappa shape index (κ1) is 15.3. The maximum Gasteiger partial charge on any atom is 0.268 e. The molecule has 8 heteroatoms. The van der Waals surface area contributed by atoms with Gasteiger partial charge in [-0.15, -0.1) is 23.1 Å². The van der Waals surface area contributed by atoms with E-state index >= 15 is 0 Å². The Labute approximate surface area is 140 Å². The van der Waals surface area contributed by atoms with Crippen LogP contribution in [0, 0.1) is 0 Å². The number of anilines is 1. The molecule has 114 valence electrons. The van der Waals surface area contributed by atoms with Crippen LogP contribution in [0.4, 0.5) is 5.69 Å². The number of halogens is 1. The van der Waals surface area contributed by atoms with Gasteiger partial charge in [-0.05, 0) is 30.5 Å². The summed E-state index contributed by atoms with van der Waals surface area (Å²) in [6.45, 7) is 0. The highest BCUT2D eigenvalue weighted by Crippen LogP contribution is 2.26. The van der Waals surface area contributed by atoms with Crippen LogP contribution in [-0.4, -0.2) is 29.0 Å². The van der Waals surface area contributed by atoms with Crippen molar-refractivity contribution in [3.05, 3.63) is 39.7 Å².